The summed E-state index contributed by atoms with van der Waals surface area (Å²) in [5.74, 6) is 0.370. The van der Waals surface area contributed by atoms with Crippen molar-refractivity contribution in [2.75, 3.05) is 26.7 Å². The number of amides is 1. The third-order valence-electron chi connectivity index (χ3n) is 4.31. The molecule has 1 N–H and O–H groups in total. The monoisotopic (exact) mass is 365 g/mol. The van der Waals surface area contributed by atoms with Crippen LogP contribution in [0.1, 0.15) is 41.0 Å². The molecule has 1 aliphatic rings. The number of halogens is 4. The number of nitrogens with one attached hydrogen (secondary N) is 1. The van der Waals surface area contributed by atoms with Crippen LogP contribution < -0.4 is 5.32 Å². The summed E-state index contributed by atoms with van der Waals surface area (Å²) in [5.41, 5.74) is -0.578. The fourth-order valence-corrected chi connectivity index (χ4v) is 2.89. The van der Waals surface area contributed by atoms with Crippen molar-refractivity contribution in [2.45, 2.75) is 32.4 Å². The van der Waals surface area contributed by atoms with E-state index in [1.165, 1.54) is 13.0 Å². The number of rotatable bonds is 4. The summed E-state index contributed by atoms with van der Waals surface area (Å²) in [7, 11) is 1.92. The largest absolute Gasteiger partial charge is 0.433 e. The van der Waals surface area contributed by atoms with Crippen molar-refractivity contribution < 1.29 is 18.0 Å². The molecule has 1 aromatic heterocycles. The minimum atomic E-state index is -4.49. The van der Waals surface area contributed by atoms with Gasteiger partial charge in [0.2, 0.25) is 0 Å². The van der Waals surface area contributed by atoms with Gasteiger partial charge in [-0.25, -0.2) is 4.98 Å². The maximum absolute atomic E-state index is 12.6. The second kappa shape index (κ2) is 8.67. The van der Waals surface area contributed by atoms with Gasteiger partial charge in [-0.1, -0.05) is 0 Å². The fourth-order valence-electron chi connectivity index (χ4n) is 2.89. The molecule has 0 saturated carbocycles. The Morgan fingerprint density at radius 3 is 2.46 bits per heavy atom. The summed E-state index contributed by atoms with van der Waals surface area (Å²) in [6.45, 7) is 3.70. The number of hydrogen-bond acceptors (Lipinski definition) is 3. The first-order valence-electron chi connectivity index (χ1n) is 7.81. The van der Waals surface area contributed by atoms with Crippen LogP contribution in [0.5, 0.6) is 0 Å². The van der Waals surface area contributed by atoms with Gasteiger partial charge in [-0.05, 0) is 57.8 Å². The molecule has 0 aromatic carbocycles. The van der Waals surface area contributed by atoms with Gasteiger partial charge in [-0.15, -0.1) is 12.4 Å². The first-order chi connectivity index (χ1) is 10.8. The number of aromatic nitrogens is 1. The number of likely N-dealkylation sites (tertiary alicyclic amines) is 1. The van der Waals surface area contributed by atoms with Crippen LogP contribution in [0, 0.1) is 12.8 Å². The number of alkyl halides is 3. The lowest BCUT2D eigenvalue weighted by Gasteiger charge is -2.32. The predicted octanol–water partition coefficient (Wildman–Crippen LogP) is 3.29. The Balaban J connectivity index is 0.00000288. The standard InChI is InChI=1S/C16H22F3N3O.ClH/c1-11-13(3-4-14(21-11)16(17,18)19)15(23)22-9-6-12(7-10-22)5-8-20-2;/h3-4,12,20H,5-10H2,1-2H3;1H. The quantitative estimate of drug-likeness (QED) is 0.890. The van der Waals surface area contributed by atoms with E-state index in [1.807, 2.05) is 7.05 Å². The molecule has 1 aliphatic heterocycles. The molecule has 1 aromatic rings. The second-order valence-corrected chi connectivity index (χ2v) is 5.96. The summed E-state index contributed by atoms with van der Waals surface area (Å²) in [4.78, 5) is 17.7. The van der Waals surface area contributed by atoms with Crippen LogP contribution in [0.15, 0.2) is 12.1 Å². The summed E-state index contributed by atoms with van der Waals surface area (Å²) >= 11 is 0. The normalized spacial score (nSPS) is 16.0. The number of hydrogen-bond donors (Lipinski definition) is 1. The molecule has 1 fully saturated rings. The average molecular weight is 366 g/mol. The molecule has 0 atom stereocenters. The molecule has 4 nitrogen and oxygen atoms in total. The van der Waals surface area contributed by atoms with Crippen molar-refractivity contribution in [1.29, 1.82) is 0 Å². The van der Waals surface area contributed by atoms with Gasteiger partial charge in [0.25, 0.3) is 5.91 Å². The Kier molecular flexibility index (Phi) is 7.48. The van der Waals surface area contributed by atoms with Gasteiger partial charge < -0.3 is 10.2 Å². The molecule has 0 unspecified atom stereocenters. The molecule has 2 rings (SSSR count). The number of carbonyl (C=O) groups is 1. The van der Waals surface area contributed by atoms with Gasteiger partial charge in [0.05, 0.1) is 11.3 Å². The predicted molar refractivity (Wildman–Crippen MR) is 88.4 cm³/mol. The Bertz CT molecular complexity index is 558. The van der Waals surface area contributed by atoms with Gasteiger partial charge in [-0.3, -0.25) is 4.79 Å². The van der Waals surface area contributed by atoms with Gasteiger partial charge in [-0.2, -0.15) is 13.2 Å². The first-order valence-corrected chi connectivity index (χ1v) is 7.81. The van der Waals surface area contributed by atoms with E-state index in [-0.39, 0.29) is 29.6 Å². The second-order valence-electron chi connectivity index (χ2n) is 5.96. The highest BCUT2D eigenvalue weighted by atomic mass is 35.5. The molecule has 0 aliphatic carbocycles. The zero-order valence-corrected chi connectivity index (χ0v) is 14.6. The number of carbonyl (C=O) groups excluding carboxylic acids is 1. The van der Waals surface area contributed by atoms with Crippen LogP contribution in [-0.4, -0.2) is 42.5 Å². The van der Waals surface area contributed by atoms with E-state index >= 15 is 0 Å². The molecule has 24 heavy (non-hydrogen) atoms. The number of nitrogens with zero attached hydrogens (tertiary/aromatic N) is 2. The van der Waals surface area contributed by atoms with Crippen molar-refractivity contribution in [3.8, 4) is 0 Å². The molecule has 0 radical (unpaired) electrons. The topological polar surface area (TPSA) is 45.2 Å². The minimum absolute atomic E-state index is 0. The number of aryl methyl sites for hydroxylation is 1. The zero-order valence-electron chi connectivity index (χ0n) is 13.8. The summed E-state index contributed by atoms with van der Waals surface area (Å²) in [6, 6.07) is 2.11. The lowest BCUT2D eigenvalue weighted by atomic mass is 9.93. The molecule has 1 saturated heterocycles. The minimum Gasteiger partial charge on any atom is -0.339 e. The van der Waals surface area contributed by atoms with E-state index in [4.69, 9.17) is 0 Å². The van der Waals surface area contributed by atoms with Crippen molar-refractivity contribution in [3.63, 3.8) is 0 Å². The maximum atomic E-state index is 12.6. The third kappa shape index (κ3) is 5.08. The summed E-state index contributed by atoms with van der Waals surface area (Å²) < 4.78 is 37.9. The SMILES string of the molecule is CNCCC1CCN(C(=O)c2ccc(C(F)(F)F)nc2C)CC1.Cl. The van der Waals surface area contributed by atoms with E-state index in [9.17, 15) is 18.0 Å². The zero-order chi connectivity index (χ0) is 17.0. The van der Waals surface area contributed by atoms with E-state index in [1.54, 1.807) is 4.90 Å². The lowest BCUT2D eigenvalue weighted by Crippen LogP contribution is -2.39. The molecular formula is C16H23ClF3N3O. The van der Waals surface area contributed by atoms with Crippen LogP contribution in [0.25, 0.3) is 0 Å². The van der Waals surface area contributed by atoms with E-state index < -0.39 is 11.9 Å². The first kappa shape index (κ1) is 20.7. The average Bonchev–Trinajstić information content (AvgIpc) is 2.52. The van der Waals surface area contributed by atoms with Crippen molar-refractivity contribution in [2.24, 2.45) is 5.92 Å². The number of pyridine rings is 1. The fraction of sp³-hybridized carbons (Fsp3) is 0.625. The van der Waals surface area contributed by atoms with E-state index in [0.717, 1.165) is 31.9 Å². The molecule has 0 spiro atoms. The van der Waals surface area contributed by atoms with Crippen molar-refractivity contribution in [3.05, 3.63) is 29.1 Å². The highest BCUT2D eigenvalue weighted by Crippen LogP contribution is 2.29. The summed E-state index contributed by atoms with van der Waals surface area (Å²) in [6.07, 6.45) is -1.54. The van der Waals surface area contributed by atoms with E-state index in [0.29, 0.717) is 19.0 Å². The van der Waals surface area contributed by atoms with Crippen molar-refractivity contribution in [1.82, 2.24) is 15.2 Å². The van der Waals surface area contributed by atoms with Gasteiger partial charge in [0.15, 0.2) is 0 Å². The molecule has 8 heteroatoms. The Morgan fingerprint density at radius 1 is 1.33 bits per heavy atom. The van der Waals surface area contributed by atoms with Gasteiger partial charge >= 0.3 is 6.18 Å². The Morgan fingerprint density at radius 2 is 1.96 bits per heavy atom. The van der Waals surface area contributed by atoms with Crippen molar-refractivity contribution >= 4 is 18.3 Å². The maximum Gasteiger partial charge on any atom is 0.433 e. The van der Waals surface area contributed by atoms with Crippen LogP contribution in [-0.2, 0) is 6.18 Å². The summed E-state index contributed by atoms with van der Waals surface area (Å²) in [5, 5.41) is 3.12. The van der Waals surface area contributed by atoms with Crippen LogP contribution >= 0.6 is 12.4 Å². The molecule has 1 amide bonds. The molecule has 136 valence electrons. The van der Waals surface area contributed by atoms with Gasteiger partial charge in [0, 0.05) is 13.1 Å². The Labute approximate surface area is 146 Å². The van der Waals surface area contributed by atoms with Crippen LogP contribution in [0.2, 0.25) is 0 Å². The van der Waals surface area contributed by atoms with Gasteiger partial charge in [0.1, 0.15) is 5.69 Å². The third-order valence-corrected chi connectivity index (χ3v) is 4.31. The highest BCUT2D eigenvalue weighted by molar-refractivity contribution is 5.95. The molecule has 2 heterocycles. The lowest BCUT2D eigenvalue weighted by molar-refractivity contribution is -0.141. The smallest absolute Gasteiger partial charge is 0.339 e. The number of piperidine rings is 1. The Hall–Kier alpha value is -1.34. The van der Waals surface area contributed by atoms with Crippen LogP contribution in [0.3, 0.4) is 0 Å². The molecular weight excluding hydrogens is 343 g/mol. The highest BCUT2D eigenvalue weighted by Gasteiger charge is 2.33. The van der Waals surface area contributed by atoms with E-state index in [2.05, 4.69) is 10.3 Å². The molecule has 0 bridgehead atoms. The van der Waals surface area contributed by atoms with Crippen LogP contribution in [0.4, 0.5) is 13.2 Å².